The second-order valence-electron chi connectivity index (χ2n) is 8.37. The molecule has 0 aliphatic carbocycles. The van der Waals surface area contributed by atoms with Crippen LogP contribution in [0.25, 0.3) is 22.4 Å². The lowest BCUT2D eigenvalue weighted by molar-refractivity contribution is -0.144. The van der Waals surface area contributed by atoms with Crippen LogP contribution < -0.4 is 10.1 Å². The summed E-state index contributed by atoms with van der Waals surface area (Å²) in [6.07, 6.45) is -0.938. The van der Waals surface area contributed by atoms with Crippen molar-refractivity contribution in [2.75, 3.05) is 0 Å². The van der Waals surface area contributed by atoms with Crippen molar-refractivity contribution in [1.82, 2.24) is 15.1 Å². The number of aryl methyl sites for hydroxylation is 2. The summed E-state index contributed by atoms with van der Waals surface area (Å²) in [4.78, 5) is 23.9. The molecular weight excluding hydrogens is 442 g/mol. The molecule has 1 aromatic heterocycles. The first kappa shape index (κ1) is 23.8. The molecule has 7 nitrogen and oxygen atoms in total. The Balaban J connectivity index is 1.45. The van der Waals surface area contributed by atoms with E-state index < -0.39 is 12.1 Å². The summed E-state index contributed by atoms with van der Waals surface area (Å²) < 4.78 is 7.03. The number of carboxylic acid groups (broad SMARTS) is 1. The molecule has 0 radical (unpaired) electrons. The molecule has 35 heavy (non-hydrogen) atoms. The molecule has 0 saturated carbocycles. The van der Waals surface area contributed by atoms with E-state index in [-0.39, 0.29) is 5.91 Å². The highest BCUT2D eigenvalue weighted by Gasteiger charge is 2.16. The highest BCUT2D eigenvalue weighted by atomic mass is 16.5. The number of hydrogen-bond acceptors (Lipinski definition) is 4. The lowest BCUT2D eigenvalue weighted by Gasteiger charge is -2.14. The number of nitrogens with one attached hydrogen (secondary N) is 1. The van der Waals surface area contributed by atoms with Gasteiger partial charge in [-0.1, -0.05) is 60.7 Å². The Morgan fingerprint density at radius 2 is 1.69 bits per heavy atom. The van der Waals surface area contributed by atoms with Crippen molar-refractivity contribution >= 4 is 11.9 Å². The summed E-state index contributed by atoms with van der Waals surface area (Å²) in [6, 6.07) is 25.4. The fourth-order valence-electron chi connectivity index (χ4n) is 3.78. The predicted molar refractivity (Wildman–Crippen MR) is 134 cm³/mol. The first-order chi connectivity index (χ1) is 16.8. The maximum Gasteiger partial charge on any atom is 0.344 e. The van der Waals surface area contributed by atoms with Crippen molar-refractivity contribution in [3.05, 3.63) is 95.7 Å². The zero-order valence-electron chi connectivity index (χ0n) is 19.9. The largest absolute Gasteiger partial charge is 0.479 e. The Hall–Kier alpha value is -4.39. The minimum atomic E-state index is -1.02. The van der Waals surface area contributed by atoms with Gasteiger partial charge in [0.15, 0.2) is 6.10 Å². The van der Waals surface area contributed by atoms with Crippen molar-refractivity contribution in [3.8, 4) is 28.1 Å². The molecule has 0 fully saturated rings. The molecule has 0 aliphatic heterocycles. The van der Waals surface area contributed by atoms with Gasteiger partial charge in [0.25, 0.3) is 5.91 Å². The van der Waals surface area contributed by atoms with Gasteiger partial charge in [0.2, 0.25) is 0 Å². The van der Waals surface area contributed by atoms with Gasteiger partial charge in [-0.15, -0.1) is 0 Å². The molecule has 4 aromatic rings. The zero-order chi connectivity index (χ0) is 24.9. The Kier molecular flexibility index (Phi) is 6.96. The molecule has 1 unspecified atom stereocenters. The van der Waals surface area contributed by atoms with E-state index >= 15 is 0 Å². The molecule has 1 amide bonds. The van der Waals surface area contributed by atoms with Crippen molar-refractivity contribution in [1.29, 1.82) is 0 Å². The minimum absolute atomic E-state index is 0.233. The van der Waals surface area contributed by atoms with E-state index in [2.05, 4.69) is 34.7 Å². The normalized spacial score (nSPS) is 11.6. The van der Waals surface area contributed by atoms with Gasteiger partial charge >= 0.3 is 5.97 Å². The van der Waals surface area contributed by atoms with Gasteiger partial charge in [-0.2, -0.15) is 5.10 Å². The van der Waals surface area contributed by atoms with Gasteiger partial charge in [-0.25, -0.2) is 4.79 Å². The van der Waals surface area contributed by atoms with E-state index in [0.29, 0.717) is 18.0 Å². The number of carbonyl (C=O) groups is 2. The second-order valence-corrected chi connectivity index (χ2v) is 8.37. The van der Waals surface area contributed by atoms with Crippen LogP contribution in [-0.2, 0) is 18.4 Å². The van der Waals surface area contributed by atoms with Crippen LogP contribution in [-0.4, -0.2) is 32.9 Å². The first-order valence-electron chi connectivity index (χ1n) is 11.3. The van der Waals surface area contributed by atoms with Crippen LogP contribution in [0.3, 0.4) is 0 Å². The molecule has 0 spiro atoms. The number of hydrogen-bond donors (Lipinski definition) is 2. The van der Waals surface area contributed by atoms with Gasteiger partial charge in [-0.3, -0.25) is 9.48 Å². The predicted octanol–water partition coefficient (Wildman–Crippen LogP) is 4.84. The van der Waals surface area contributed by atoms with Gasteiger partial charge in [0, 0.05) is 19.2 Å². The van der Waals surface area contributed by atoms with Gasteiger partial charge < -0.3 is 15.2 Å². The van der Waals surface area contributed by atoms with Crippen molar-refractivity contribution in [3.63, 3.8) is 0 Å². The minimum Gasteiger partial charge on any atom is -0.479 e. The van der Waals surface area contributed by atoms with Crippen LogP contribution in [0.2, 0.25) is 0 Å². The SMILES string of the molecule is Cc1cc(CNC(=O)c2cc(-c3cccc(-c4ccccc4)c3)nn2C)ccc1OC(C)C(=O)O. The van der Waals surface area contributed by atoms with Crippen LogP contribution >= 0.6 is 0 Å². The Labute approximate surface area is 204 Å². The topological polar surface area (TPSA) is 93.5 Å². The third kappa shape index (κ3) is 5.58. The summed E-state index contributed by atoms with van der Waals surface area (Å²) in [7, 11) is 1.75. The molecule has 1 heterocycles. The first-order valence-corrected chi connectivity index (χ1v) is 11.3. The van der Waals surface area contributed by atoms with E-state index in [0.717, 1.165) is 33.5 Å². The molecular formula is C28H27N3O4. The summed E-state index contributed by atoms with van der Waals surface area (Å²) >= 11 is 0. The van der Waals surface area contributed by atoms with E-state index in [1.54, 1.807) is 29.9 Å². The Bertz CT molecular complexity index is 1360. The lowest BCUT2D eigenvalue weighted by Crippen LogP contribution is -2.25. The summed E-state index contributed by atoms with van der Waals surface area (Å²) in [5.41, 5.74) is 5.99. The van der Waals surface area contributed by atoms with Crippen LogP contribution in [0, 0.1) is 6.92 Å². The third-order valence-electron chi connectivity index (χ3n) is 5.72. The molecule has 3 aromatic carbocycles. The number of aliphatic carboxylic acids is 1. The van der Waals surface area contributed by atoms with Gasteiger partial charge in [-0.05, 0) is 54.3 Å². The monoisotopic (exact) mass is 469 g/mol. The van der Waals surface area contributed by atoms with Gasteiger partial charge in [0.05, 0.1) is 5.69 Å². The number of benzene rings is 3. The van der Waals surface area contributed by atoms with Crippen LogP contribution in [0.15, 0.2) is 78.9 Å². The van der Waals surface area contributed by atoms with Crippen molar-refractivity contribution in [2.24, 2.45) is 7.05 Å². The smallest absolute Gasteiger partial charge is 0.344 e. The molecule has 0 bridgehead atoms. The number of nitrogens with zero attached hydrogens (tertiary/aromatic N) is 2. The molecule has 2 N–H and O–H groups in total. The maximum absolute atomic E-state index is 12.9. The standard InChI is InChI=1S/C28H27N3O4/c1-18-14-20(12-13-26(18)35-19(2)28(33)34)17-29-27(32)25-16-24(30-31(25)3)23-11-7-10-22(15-23)21-8-5-4-6-9-21/h4-16,19H,17H2,1-3H3,(H,29,32)(H,33,34). The average molecular weight is 470 g/mol. The molecule has 4 rings (SSSR count). The fourth-order valence-corrected chi connectivity index (χ4v) is 3.78. The van der Waals surface area contributed by atoms with Crippen LogP contribution in [0.1, 0.15) is 28.5 Å². The summed E-state index contributed by atoms with van der Waals surface area (Å²) in [6.45, 7) is 3.64. The van der Waals surface area contributed by atoms with E-state index in [1.807, 2.05) is 43.3 Å². The molecule has 0 aliphatic rings. The fraction of sp³-hybridized carbons (Fsp3) is 0.179. The average Bonchev–Trinajstić information content (AvgIpc) is 3.26. The van der Waals surface area contributed by atoms with Crippen molar-refractivity contribution in [2.45, 2.75) is 26.5 Å². The maximum atomic E-state index is 12.9. The Morgan fingerprint density at radius 3 is 2.40 bits per heavy atom. The number of carbonyl (C=O) groups excluding carboxylic acids is 1. The van der Waals surface area contributed by atoms with Crippen LogP contribution in [0.4, 0.5) is 0 Å². The number of carboxylic acids is 1. The zero-order valence-corrected chi connectivity index (χ0v) is 19.9. The molecule has 178 valence electrons. The van der Waals surface area contributed by atoms with Crippen molar-refractivity contribution < 1.29 is 19.4 Å². The summed E-state index contributed by atoms with van der Waals surface area (Å²) in [5.74, 6) is -0.755. The number of amides is 1. The van der Waals surface area contributed by atoms with Crippen LogP contribution in [0.5, 0.6) is 5.75 Å². The number of aromatic nitrogens is 2. The highest BCUT2D eigenvalue weighted by Crippen LogP contribution is 2.26. The quantitative estimate of drug-likeness (QED) is 0.385. The third-order valence-corrected chi connectivity index (χ3v) is 5.72. The molecule has 7 heteroatoms. The molecule has 0 saturated heterocycles. The van der Waals surface area contributed by atoms with E-state index in [4.69, 9.17) is 9.84 Å². The number of rotatable bonds is 8. The summed E-state index contributed by atoms with van der Waals surface area (Å²) in [5, 5.41) is 16.5. The molecule has 1 atom stereocenters. The number of ether oxygens (including phenoxy) is 1. The van der Waals surface area contributed by atoms with Gasteiger partial charge in [0.1, 0.15) is 11.4 Å². The lowest BCUT2D eigenvalue weighted by atomic mass is 10.0. The second kappa shape index (κ2) is 10.3. The Morgan fingerprint density at radius 1 is 0.971 bits per heavy atom. The highest BCUT2D eigenvalue weighted by molar-refractivity contribution is 5.93. The van der Waals surface area contributed by atoms with E-state index in [9.17, 15) is 9.59 Å². The van der Waals surface area contributed by atoms with E-state index in [1.165, 1.54) is 6.92 Å².